The van der Waals surface area contributed by atoms with Crippen molar-refractivity contribution in [3.8, 4) is 0 Å². The van der Waals surface area contributed by atoms with Crippen LogP contribution in [0.4, 0.5) is 0 Å². The van der Waals surface area contributed by atoms with E-state index in [1.165, 1.54) is 0 Å². The molecule has 0 saturated heterocycles. The summed E-state index contributed by atoms with van der Waals surface area (Å²) in [7, 11) is 0. The number of rotatable bonds is 8. The number of nitrogens with zero attached hydrogens (tertiary/aromatic N) is 1. The number of carbonyl (C=O) groups is 2. The van der Waals surface area contributed by atoms with Gasteiger partial charge < -0.3 is 11.1 Å². The highest BCUT2D eigenvalue weighted by Crippen LogP contribution is 2.16. The minimum absolute atomic E-state index is 0.289. The number of hydrogen-bond acceptors (Lipinski definition) is 3. The van der Waals surface area contributed by atoms with Gasteiger partial charge >= 0.3 is 0 Å². The van der Waals surface area contributed by atoms with E-state index in [1.54, 1.807) is 12.3 Å². The average molecular weight is 313 g/mol. The van der Waals surface area contributed by atoms with E-state index in [4.69, 9.17) is 5.73 Å². The van der Waals surface area contributed by atoms with Crippen molar-refractivity contribution in [3.05, 3.63) is 42.1 Å². The van der Waals surface area contributed by atoms with Crippen molar-refractivity contribution in [1.82, 2.24) is 10.3 Å². The van der Waals surface area contributed by atoms with Crippen LogP contribution in [0.15, 0.2) is 36.5 Å². The third-order valence-corrected chi connectivity index (χ3v) is 3.89. The van der Waals surface area contributed by atoms with E-state index in [9.17, 15) is 9.59 Å². The van der Waals surface area contributed by atoms with E-state index in [0.29, 0.717) is 12.0 Å². The van der Waals surface area contributed by atoms with E-state index < -0.39 is 11.9 Å². The van der Waals surface area contributed by atoms with Crippen LogP contribution in [0, 0.1) is 0 Å². The molecule has 1 heterocycles. The first-order chi connectivity index (χ1) is 11.1. The normalized spacial score (nSPS) is 12.0. The molecule has 1 aromatic carbocycles. The van der Waals surface area contributed by atoms with Crippen molar-refractivity contribution < 1.29 is 9.59 Å². The molecule has 0 aliphatic heterocycles. The predicted molar refractivity (Wildman–Crippen MR) is 91.0 cm³/mol. The summed E-state index contributed by atoms with van der Waals surface area (Å²) in [6.45, 7) is 2.13. The molecule has 0 aliphatic carbocycles. The van der Waals surface area contributed by atoms with Crippen LogP contribution < -0.4 is 11.1 Å². The molecule has 3 N–H and O–H groups in total. The van der Waals surface area contributed by atoms with Gasteiger partial charge in [0.2, 0.25) is 5.91 Å². The average Bonchev–Trinajstić information content (AvgIpc) is 2.56. The van der Waals surface area contributed by atoms with Crippen LogP contribution in [-0.2, 0) is 4.79 Å². The number of para-hydroxylation sites is 1. The molecular weight excluding hydrogens is 290 g/mol. The Morgan fingerprint density at radius 3 is 2.70 bits per heavy atom. The molecule has 1 atom stereocenters. The number of carbonyl (C=O) groups excluding carboxylic acids is 2. The van der Waals surface area contributed by atoms with Gasteiger partial charge in [0.15, 0.2) is 0 Å². The van der Waals surface area contributed by atoms with Crippen LogP contribution in [0.5, 0.6) is 0 Å². The Labute approximate surface area is 136 Å². The molecule has 2 aromatic rings. The number of benzene rings is 1. The van der Waals surface area contributed by atoms with Gasteiger partial charge in [0.25, 0.3) is 5.91 Å². The van der Waals surface area contributed by atoms with E-state index in [2.05, 4.69) is 17.2 Å². The Kier molecular flexibility index (Phi) is 6.09. The summed E-state index contributed by atoms with van der Waals surface area (Å²) in [6.07, 6.45) is 6.32. The van der Waals surface area contributed by atoms with Crippen molar-refractivity contribution in [3.63, 3.8) is 0 Å². The lowest BCUT2D eigenvalue weighted by atomic mass is 10.0. The third kappa shape index (κ3) is 4.52. The molecule has 0 bridgehead atoms. The molecule has 5 nitrogen and oxygen atoms in total. The smallest absolute Gasteiger partial charge is 0.252 e. The molecule has 2 amide bonds. The van der Waals surface area contributed by atoms with Gasteiger partial charge in [-0.15, -0.1) is 0 Å². The quantitative estimate of drug-likeness (QED) is 0.735. The molecule has 0 fully saturated rings. The Morgan fingerprint density at radius 2 is 1.96 bits per heavy atom. The molecular formula is C18H23N3O2. The van der Waals surface area contributed by atoms with Gasteiger partial charge in [0.05, 0.1) is 11.1 Å². The van der Waals surface area contributed by atoms with Crippen LogP contribution in [-0.4, -0.2) is 22.8 Å². The molecule has 0 aliphatic rings. The third-order valence-electron chi connectivity index (χ3n) is 3.89. The summed E-state index contributed by atoms with van der Waals surface area (Å²) in [5.74, 6) is -0.781. The minimum atomic E-state index is -0.633. The maximum absolute atomic E-state index is 12.5. The lowest BCUT2D eigenvalue weighted by Gasteiger charge is -2.16. The first-order valence-corrected chi connectivity index (χ1v) is 8.07. The van der Waals surface area contributed by atoms with Crippen LogP contribution in [0.25, 0.3) is 10.9 Å². The first kappa shape index (κ1) is 16.9. The number of amides is 2. The van der Waals surface area contributed by atoms with E-state index >= 15 is 0 Å². The topological polar surface area (TPSA) is 85.1 Å². The summed E-state index contributed by atoms with van der Waals surface area (Å²) >= 11 is 0. The van der Waals surface area contributed by atoms with E-state index in [1.807, 2.05) is 24.3 Å². The Morgan fingerprint density at radius 1 is 1.17 bits per heavy atom. The molecule has 1 aromatic heterocycles. The molecule has 122 valence electrons. The second kappa shape index (κ2) is 8.27. The lowest BCUT2D eigenvalue weighted by Crippen LogP contribution is -2.44. The number of nitrogens with two attached hydrogens (primary N) is 1. The van der Waals surface area contributed by atoms with Gasteiger partial charge in [-0.1, -0.05) is 50.8 Å². The highest BCUT2D eigenvalue weighted by Gasteiger charge is 2.19. The van der Waals surface area contributed by atoms with Crippen molar-refractivity contribution in [2.75, 3.05) is 0 Å². The summed E-state index contributed by atoms with van der Waals surface area (Å²) < 4.78 is 0. The van der Waals surface area contributed by atoms with Crippen molar-refractivity contribution >= 4 is 22.7 Å². The van der Waals surface area contributed by atoms with Crippen LogP contribution in [0.3, 0.4) is 0 Å². The fraction of sp³-hybridized carbons (Fsp3) is 0.389. The number of nitrogens with one attached hydrogen (secondary N) is 1. The molecule has 0 unspecified atom stereocenters. The van der Waals surface area contributed by atoms with Crippen LogP contribution in [0.1, 0.15) is 49.4 Å². The van der Waals surface area contributed by atoms with Gasteiger partial charge in [-0.25, -0.2) is 0 Å². The van der Waals surface area contributed by atoms with Crippen molar-refractivity contribution in [2.24, 2.45) is 5.73 Å². The van der Waals surface area contributed by atoms with E-state index in [0.717, 1.165) is 36.6 Å². The Hall–Kier alpha value is -2.43. The summed E-state index contributed by atoms with van der Waals surface area (Å²) in [4.78, 5) is 28.3. The molecule has 0 saturated carbocycles. The van der Waals surface area contributed by atoms with Crippen LogP contribution >= 0.6 is 0 Å². The second-order valence-electron chi connectivity index (χ2n) is 5.65. The van der Waals surface area contributed by atoms with Crippen LogP contribution in [0.2, 0.25) is 0 Å². The number of fused-ring (bicyclic) bond motifs is 1. The summed E-state index contributed by atoms with van der Waals surface area (Å²) in [6, 6.07) is 8.45. The van der Waals surface area contributed by atoms with Gasteiger partial charge in [-0.05, 0) is 18.6 Å². The fourth-order valence-electron chi connectivity index (χ4n) is 2.59. The number of hydrogen-bond donors (Lipinski definition) is 2. The highest BCUT2D eigenvalue weighted by molar-refractivity contribution is 6.07. The maximum atomic E-state index is 12.5. The zero-order valence-corrected chi connectivity index (χ0v) is 13.4. The molecule has 0 radical (unpaired) electrons. The standard InChI is InChI=1S/C18H23N3O2/c1-2-3-4-5-10-16(17(19)22)21-18(23)14-11-12-20-15-9-7-6-8-13(14)15/h6-9,11-12,16H,2-5,10H2,1H3,(H2,19,22)(H,21,23)/t16-/m0/s1. The first-order valence-electron chi connectivity index (χ1n) is 8.07. The molecule has 0 spiro atoms. The summed E-state index contributed by atoms with van der Waals surface area (Å²) in [5, 5.41) is 3.53. The van der Waals surface area contributed by atoms with Gasteiger partial charge in [-0.2, -0.15) is 0 Å². The second-order valence-corrected chi connectivity index (χ2v) is 5.65. The lowest BCUT2D eigenvalue weighted by molar-refractivity contribution is -0.120. The van der Waals surface area contributed by atoms with Crippen molar-refractivity contribution in [2.45, 2.75) is 45.1 Å². The molecule has 23 heavy (non-hydrogen) atoms. The minimum Gasteiger partial charge on any atom is -0.368 e. The Balaban J connectivity index is 2.10. The van der Waals surface area contributed by atoms with Gasteiger partial charge in [0, 0.05) is 11.6 Å². The Bertz CT molecular complexity index is 680. The zero-order valence-electron chi connectivity index (χ0n) is 13.4. The zero-order chi connectivity index (χ0) is 16.7. The maximum Gasteiger partial charge on any atom is 0.252 e. The number of aromatic nitrogens is 1. The fourth-order valence-corrected chi connectivity index (χ4v) is 2.59. The van der Waals surface area contributed by atoms with E-state index in [-0.39, 0.29) is 5.91 Å². The number of pyridine rings is 1. The van der Waals surface area contributed by atoms with Gasteiger partial charge in [-0.3, -0.25) is 14.6 Å². The van der Waals surface area contributed by atoms with Gasteiger partial charge in [0.1, 0.15) is 6.04 Å². The summed E-state index contributed by atoms with van der Waals surface area (Å²) in [5.41, 5.74) is 6.68. The molecule has 5 heteroatoms. The SMILES string of the molecule is CCCCCC[C@H](NC(=O)c1ccnc2ccccc12)C(N)=O. The number of primary amides is 1. The van der Waals surface area contributed by atoms with Crippen molar-refractivity contribution in [1.29, 1.82) is 0 Å². The highest BCUT2D eigenvalue weighted by atomic mass is 16.2. The predicted octanol–water partition coefficient (Wildman–Crippen LogP) is 2.79. The number of unbranched alkanes of at least 4 members (excludes halogenated alkanes) is 3. The monoisotopic (exact) mass is 313 g/mol. The molecule has 2 rings (SSSR count). The largest absolute Gasteiger partial charge is 0.368 e.